The monoisotopic (exact) mass is 294 g/mol. The maximum Gasteiger partial charge on any atom is 0.387 e. The Kier molecular flexibility index (Phi) is 5.25. The van der Waals surface area contributed by atoms with Crippen LogP contribution in [-0.2, 0) is 0 Å². The molecule has 0 spiro atoms. The first-order chi connectivity index (χ1) is 10.2. The number of anilines is 3. The second kappa shape index (κ2) is 7.37. The Labute approximate surface area is 121 Å². The lowest BCUT2D eigenvalue weighted by atomic mass is 10.3. The summed E-state index contributed by atoms with van der Waals surface area (Å²) in [7, 11) is 0. The Balaban J connectivity index is 2.00. The van der Waals surface area contributed by atoms with Crippen molar-refractivity contribution in [3.63, 3.8) is 0 Å². The van der Waals surface area contributed by atoms with E-state index in [1.54, 1.807) is 24.4 Å². The van der Waals surface area contributed by atoms with Gasteiger partial charge in [0.1, 0.15) is 11.6 Å². The lowest BCUT2D eigenvalue weighted by Crippen LogP contribution is -2.05. The summed E-state index contributed by atoms with van der Waals surface area (Å²) in [4.78, 5) is 8.39. The average molecular weight is 294 g/mol. The van der Waals surface area contributed by atoms with E-state index in [9.17, 15) is 8.78 Å². The van der Waals surface area contributed by atoms with Crippen molar-refractivity contribution in [3.05, 3.63) is 36.5 Å². The minimum atomic E-state index is -2.82. The van der Waals surface area contributed by atoms with Gasteiger partial charge in [-0.25, -0.2) is 4.98 Å². The van der Waals surface area contributed by atoms with Gasteiger partial charge in [-0.1, -0.05) is 6.92 Å². The number of nitrogens with one attached hydrogen (secondary N) is 2. The van der Waals surface area contributed by atoms with Gasteiger partial charge >= 0.3 is 6.61 Å². The van der Waals surface area contributed by atoms with Gasteiger partial charge in [0.15, 0.2) is 0 Å². The Hall–Kier alpha value is -2.44. The predicted octanol–water partition coefficient (Wildman–Crippen LogP) is 3.64. The SMILES string of the molecule is CCCNc1nccc(Nc2ccc(OC(F)F)cc2)n1. The van der Waals surface area contributed by atoms with E-state index in [2.05, 4.69) is 32.3 Å². The van der Waals surface area contributed by atoms with Crippen LogP contribution in [0.2, 0.25) is 0 Å². The first kappa shape index (κ1) is 15.0. The minimum absolute atomic E-state index is 0.114. The third-order valence-corrected chi connectivity index (χ3v) is 2.54. The molecule has 7 heteroatoms. The first-order valence-electron chi connectivity index (χ1n) is 6.56. The molecule has 0 unspecified atom stereocenters. The van der Waals surface area contributed by atoms with E-state index in [4.69, 9.17) is 0 Å². The maximum absolute atomic E-state index is 12.1. The summed E-state index contributed by atoms with van der Waals surface area (Å²) in [6.45, 7) is 0.0270. The fourth-order valence-electron chi connectivity index (χ4n) is 1.62. The van der Waals surface area contributed by atoms with Gasteiger partial charge in [0.05, 0.1) is 0 Å². The Morgan fingerprint density at radius 3 is 2.62 bits per heavy atom. The van der Waals surface area contributed by atoms with Crippen molar-refractivity contribution in [2.24, 2.45) is 0 Å². The van der Waals surface area contributed by atoms with Crippen molar-refractivity contribution < 1.29 is 13.5 Å². The lowest BCUT2D eigenvalue weighted by Gasteiger charge is -2.09. The molecular weight excluding hydrogens is 278 g/mol. The quantitative estimate of drug-likeness (QED) is 0.816. The van der Waals surface area contributed by atoms with Gasteiger partial charge in [-0.2, -0.15) is 13.8 Å². The standard InChI is InChI=1S/C14H16F2N4O/c1-2-8-17-14-18-9-7-12(20-14)19-10-3-5-11(6-4-10)21-13(15)16/h3-7,9,13H,2,8H2,1H3,(H2,17,18,19,20). The molecule has 1 heterocycles. The summed E-state index contributed by atoms with van der Waals surface area (Å²) in [5.74, 6) is 1.27. The molecule has 2 aromatic rings. The third kappa shape index (κ3) is 4.87. The number of hydrogen-bond donors (Lipinski definition) is 2. The van der Waals surface area contributed by atoms with E-state index in [-0.39, 0.29) is 5.75 Å². The van der Waals surface area contributed by atoms with Crippen LogP contribution in [0.15, 0.2) is 36.5 Å². The molecule has 0 saturated heterocycles. The van der Waals surface area contributed by atoms with Gasteiger partial charge in [-0.05, 0) is 36.8 Å². The molecule has 0 saturated carbocycles. The molecule has 1 aromatic carbocycles. The molecule has 0 atom stereocenters. The molecule has 21 heavy (non-hydrogen) atoms. The van der Waals surface area contributed by atoms with Crippen LogP contribution >= 0.6 is 0 Å². The van der Waals surface area contributed by atoms with Gasteiger partial charge in [0.25, 0.3) is 0 Å². The number of ether oxygens (including phenoxy) is 1. The molecule has 1 aromatic heterocycles. The lowest BCUT2D eigenvalue weighted by molar-refractivity contribution is -0.0498. The van der Waals surface area contributed by atoms with E-state index < -0.39 is 6.61 Å². The van der Waals surface area contributed by atoms with E-state index in [1.165, 1.54) is 12.1 Å². The highest BCUT2D eigenvalue weighted by Gasteiger charge is 2.04. The zero-order chi connectivity index (χ0) is 15.1. The van der Waals surface area contributed by atoms with Crippen LogP contribution in [0.1, 0.15) is 13.3 Å². The number of rotatable bonds is 7. The van der Waals surface area contributed by atoms with Crippen LogP contribution in [0.3, 0.4) is 0 Å². The number of aromatic nitrogens is 2. The van der Waals surface area contributed by atoms with Gasteiger partial charge < -0.3 is 15.4 Å². The summed E-state index contributed by atoms with van der Waals surface area (Å²) in [5.41, 5.74) is 0.719. The molecule has 0 aliphatic carbocycles. The number of benzene rings is 1. The molecule has 0 bridgehead atoms. The molecule has 0 amide bonds. The molecule has 0 radical (unpaired) electrons. The topological polar surface area (TPSA) is 59.1 Å². The summed E-state index contributed by atoms with van der Waals surface area (Å²) in [6, 6.07) is 7.93. The average Bonchev–Trinajstić information content (AvgIpc) is 2.47. The van der Waals surface area contributed by atoms with Crippen LogP contribution in [0.5, 0.6) is 5.75 Å². The van der Waals surface area contributed by atoms with Gasteiger partial charge in [-0.3, -0.25) is 0 Å². The first-order valence-corrected chi connectivity index (χ1v) is 6.56. The van der Waals surface area contributed by atoms with E-state index >= 15 is 0 Å². The van der Waals surface area contributed by atoms with Crippen molar-refractivity contribution in [1.82, 2.24) is 9.97 Å². The summed E-state index contributed by atoms with van der Waals surface area (Å²) in [6.07, 6.45) is 2.62. The van der Waals surface area contributed by atoms with Gasteiger partial charge in [-0.15, -0.1) is 0 Å². The van der Waals surface area contributed by atoms with E-state index in [0.717, 1.165) is 18.7 Å². The Morgan fingerprint density at radius 2 is 1.95 bits per heavy atom. The van der Waals surface area contributed by atoms with Crippen LogP contribution < -0.4 is 15.4 Å². The number of alkyl halides is 2. The highest BCUT2D eigenvalue weighted by Crippen LogP contribution is 2.20. The number of halogens is 2. The van der Waals surface area contributed by atoms with Crippen molar-refractivity contribution in [2.45, 2.75) is 20.0 Å². The highest BCUT2D eigenvalue weighted by atomic mass is 19.3. The van der Waals surface area contributed by atoms with Crippen molar-refractivity contribution in [1.29, 1.82) is 0 Å². The Morgan fingerprint density at radius 1 is 1.19 bits per heavy atom. The maximum atomic E-state index is 12.1. The highest BCUT2D eigenvalue weighted by molar-refractivity contribution is 5.57. The number of nitrogens with zero attached hydrogens (tertiary/aromatic N) is 2. The molecule has 5 nitrogen and oxygen atoms in total. The second-order valence-corrected chi connectivity index (χ2v) is 4.22. The summed E-state index contributed by atoms with van der Waals surface area (Å²) < 4.78 is 28.4. The smallest absolute Gasteiger partial charge is 0.387 e. The molecule has 0 aliphatic rings. The number of hydrogen-bond acceptors (Lipinski definition) is 5. The van der Waals surface area contributed by atoms with Gasteiger partial charge in [0, 0.05) is 18.4 Å². The van der Waals surface area contributed by atoms with E-state index in [0.29, 0.717) is 11.8 Å². The molecule has 2 rings (SSSR count). The fraction of sp³-hybridized carbons (Fsp3) is 0.286. The Bertz CT molecular complexity index is 563. The van der Waals surface area contributed by atoms with Crippen molar-refractivity contribution in [3.8, 4) is 5.75 Å². The van der Waals surface area contributed by atoms with E-state index in [1.807, 2.05) is 0 Å². The molecule has 2 N–H and O–H groups in total. The van der Waals surface area contributed by atoms with Crippen molar-refractivity contribution >= 4 is 17.5 Å². The van der Waals surface area contributed by atoms with Crippen LogP contribution in [0, 0.1) is 0 Å². The van der Waals surface area contributed by atoms with Crippen LogP contribution in [0.25, 0.3) is 0 Å². The third-order valence-electron chi connectivity index (χ3n) is 2.54. The molecule has 112 valence electrons. The molecule has 0 aliphatic heterocycles. The predicted molar refractivity (Wildman–Crippen MR) is 77.2 cm³/mol. The second-order valence-electron chi connectivity index (χ2n) is 4.22. The zero-order valence-electron chi connectivity index (χ0n) is 11.5. The fourth-order valence-corrected chi connectivity index (χ4v) is 1.62. The normalized spacial score (nSPS) is 10.5. The van der Waals surface area contributed by atoms with Gasteiger partial charge in [0.2, 0.25) is 5.95 Å². The molecular formula is C14H16F2N4O. The molecule has 0 fully saturated rings. The van der Waals surface area contributed by atoms with Crippen molar-refractivity contribution in [2.75, 3.05) is 17.2 Å². The zero-order valence-corrected chi connectivity index (χ0v) is 11.5. The minimum Gasteiger partial charge on any atom is -0.435 e. The van der Waals surface area contributed by atoms with Crippen LogP contribution in [-0.4, -0.2) is 23.1 Å². The summed E-state index contributed by atoms with van der Waals surface area (Å²) in [5, 5.41) is 6.15. The summed E-state index contributed by atoms with van der Waals surface area (Å²) >= 11 is 0. The van der Waals surface area contributed by atoms with Crippen LogP contribution in [0.4, 0.5) is 26.2 Å². The largest absolute Gasteiger partial charge is 0.435 e.